The van der Waals surface area contributed by atoms with Crippen LogP contribution in [0, 0.1) is 0 Å². The average Bonchev–Trinajstić information content (AvgIpc) is 2.27. The Morgan fingerprint density at radius 3 is 2.71 bits per heavy atom. The number of carbonyl (C=O) groups is 1. The van der Waals surface area contributed by atoms with Crippen molar-refractivity contribution in [2.24, 2.45) is 0 Å². The highest BCUT2D eigenvalue weighted by Crippen LogP contribution is 2.34. The van der Waals surface area contributed by atoms with E-state index in [9.17, 15) is 9.18 Å². The first-order valence-corrected chi connectivity index (χ1v) is 5.05. The topological polar surface area (TPSA) is 38.3 Å². The Balaban J connectivity index is 2.29. The van der Waals surface area contributed by atoms with E-state index in [4.69, 9.17) is 4.74 Å². The molecular formula is C10H18FNO2. The Bertz CT molecular complexity index is 216. The summed E-state index contributed by atoms with van der Waals surface area (Å²) in [5.74, 6) is 0. The number of amides is 1. The van der Waals surface area contributed by atoms with Crippen LogP contribution in [0.15, 0.2) is 0 Å². The summed E-state index contributed by atoms with van der Waals surface area (Å²) in [6.07, 6.45) is 0.718. The second-order valence-corrected chi connectivity index (χ2v) is 4.48. The van der Waals surface area contributed by atoms with Gasteiger partial charge in [0.05, 0.1) is 0 Å². The summed E-state index contributed by atoms with van der Waals surface area (Å²) in [7, 11) is 0. The highest BCUT2D eigenvalue weighted by Gasteiger charge is 2.37. The molecule has 0 aliphatic heterocycles. The minimum Gasteiger partial charge on any atom is -0.446 e. The Kier molecular flexibility index (Phi) is 3.34. The van der Waals surface area contributed by atoms with Gasteiger partial charge >= 0.3 is 6.09 Å². The van der Waals surface area contributed by atoms with Crippen molar-refractivity contribution in [3.05, 3.63) is 0 Å². The Morgan fingerprint density at radius 1 is 1.64 bits per heavy atom. The van der Waals surface area contributed by atoms with E-state index in [0.717, 1.165) is 0 Å². The maximum Gasteiger partial charge on any atom is 0.407 e. The molecule has 1 rings (SSSR count). The van der Waals surface area contributed by atoms with Crippen molar-refractivity contribution >= 4 is 6.09 Å². The van der Waals surface area contributed by atoms with E-state index >= 15 is 0 Å². The summed E-state index contributed by atoms with van der Waals surface area (Å²) < 4.78 is 18.4. The van der Waals surface area contributed by atoms with Crippen molar-refractivity contribution in [2.45, 2.75) is 57.8 Å². The molecule has 2 atom stereocenters. The second-order valence-electron chi connectivity index (χ2n) is 4.48. The first kappa shape index (κ1) is 11.3. The van der Waals surface area contributed by atoms with Crippen LogP contribution in [-0.2, 0) is 4.74 Å². The van der Waals surface area contributed by atoms with Gasteiger partial charge in [-0.2, -0.15) is 0 Å². The van der Waals surface area contributed by atoms with E-state index in [2.05, 4.69) is 5.32 Å². The highest BCUT2D eigenvalue weighted by atomic mass is 19.1. The largest absolute Gasteiger partial charge is 0.446 e. The number of carbonyl (C=O) groups excluding carboxylic acids is 1. The minimum atomic E-state index is -1.16. The molecule has 1 aliphatic carbocycles. The third kappa shape index (κ3) is 3.52. The van der Waals surface area contributed by atoms with Crippen molar-refractivity contribution in [1.82, 2.24) is 5.32 Å². The van der Waals surface area contributed by atoms with Gasteiger partial charge in [0.1, 0.15) is 11.8 Å². The molecular weight excluding hydrogens is 185 g/mol. The first-order valence-electron chi connectivity index (χ1n) is 5.05. The lowest BCUT2D eigenvalue weighted by molar-refractivity contribution is 0.0860. The Hall–Kier alpha value is -0.800. The molecule has 2 unspecified atom stereocenters. The molecule has 14 heavy (non-hydrogen) atoms. The van der Waals surface area contributed by atoms with Gasteiger partial charge in [0.25, 0.3) is 0 Å². The maximum absolute atomic E-state index is 13.4. The molecule has 0 aromatic carbocycles. The number of nitrogens with one attached hydrogen (secondary N) is 1. The number of halogens is 1. The van der Waals surface area contributed by atoms with Crippen LogP contribution in [0.2, 0.25) is 0 Å². The van der Waals surface area contributed by atoms with Gasteiger partial charge in [0.2, 0.25) is 0 Å². The summed E-state index contributed by atoms with van der Waals surface area (Å²) in [5.41, 5.74) is -1.16. The van der Waals surface area contributed by atoms with E-state index < -0.39 is 11.8 Å². The number of hydrogen-bond acceptors (Lipinski definition) is 2. The third-order valence-corrected chi connectivity index (χ3v) is 2.32. The van der Waals surface area contributed by atoms with E-state index in [1.54, 1.807) is 6.92 Å². The average molecular weight is 203 g/mol. The predicted octanol–water partition coefficient (Wildman–Crippen LogP) is 2.40. The van der Waals surface area contributed by atoms with Crippen LogP contribution in [0.1, 0.15) is 40.0 Å². The van der Waals surface area contributed by atoms with E-state index in [-0.39, 0.29) is 12.1 Å². The van der Waals surface area contributed by atoms with Gasteiger partial charge in [0.15, 0.2) is 0 Å². The Labute approximate surface area is 84.0 Å². The number of alkyl halides is 1. The molecule has 0 heterocycles. The lowest BCUT2D eigenvalue weighted by Crippen LogP contribution is -2.33. The maximum atomic E-state index is 13.4. The Morgan fingerprint density at radius 2 is 2.29 bits per heavy atom. The molecule has 0 bridgehead atoms. The quantitative estimate of drug-likeness (QED) is 0.748. The molecule has 1 saturated carbocycles. The number of ether oxygens (including phenoxy) is 1. The molecule has 1 fully saturated rings. The van der Waals surface area contributed by atoms with Gasteiger partial charge in [0, 0.05) is 12.5 Å². The van der Waals surface area contributed by atoms with Gasteiger partial charge in [-0.1, -0.05) is 0 Å². The smallest absolute Gasteiger partial charge is 0.407 e. The number of alkyl carbamates (subject to hydrolysis) is 1. The molecule has 0 radical (unpaired) electrons. The first-order chi connectivity index (χ1) is 6.39. The van der Waals surface area contributed by atoms with Gasteiger partial charge in [-0.3, -0.25) is 0 Å². The van der Waals surface area contributed by atoms with Gasteiger partial charge in [-0.05, 0) is 33.6 Å². The summed E-state index contributed by atoms with van der Waals surface area (Å²) in [6.45, 7) is 5.26. The standard InChI is InChI=1S/C10H18FNO2/c1-7(2)12-9(13)14-8-4-5-10(3,11)6-8/h7-8H,4-6H2,1-3H3,(H,12,13). The zero-order valence-electron chi connectivity index (χ0n) is 8.97. The fraction of sp³-hybridized carbons (Fsp3) is 0.900. The molecule has 1 N–H and O–H groups in total. The molecule has 0 spiro atoms. The highest BCUT2D eigenvalue weighted by molar-refractivity contribution is 5.67. The molecule has 3 nitrogen and oxygen atoms in total. The third-order valence-electron chi connectivity index (χ3n) is 2.32. The van der Waals surface area contributed by atoms with Crippen LogP contribution in [0.5, 0.6) is 0 Å². The molecule has 1 amide bonds. The van der Waals surface area contributed by atoms with Crippen molar-refractivity contribution in [3.63, 3.8) is 0 Å². The lowest BCUT2D eigenvalue weighted by Gasteiger charge is -2.15. The monoisotopic (exact) mass is 203 g/mol. The summed E-state index contributed by atoms with van der Waals surface area (Å²) in [5, 5.41) is 2.61. The normalized spacial score (nSPS) is 31.9. The van der Waals surface area contributed by atoms with Crippen LogP contribution < -0.4 is 5.32 Å². The minimum absolute atomic E-state index is 0.0562. The summed E-state index contributed by atoms with van der Waals surface area (Å²) in [6, 6.07) is 0.0562. The van der Waals surface area contributed by atoms with E-state index in [1.165, 1.54) is 0 Å². The van der Waals surface area contributed by atoms with Gasteiger partial charge in [-0.25, -0.2) is 9.18 Å². The van der Waals surface area contributed by atoms with E-state index in [0.29, 0.717) is 19.3 Å². The van der Waals surface area contributed by atoms with Crippen molar-refractivity contribution in [3.8, 4) is 0 Å². The van der Waals surface area contributed by atoms with Crippen LogP contribution in [-0.4, -0.2) is 23.9 Å². The molecule has 1 aliphatic rings. The fourth-order valence-electron chi connectivity index (χ4n) is 1.66. The van der Waals surface area contributed by atoms with Gasteiger partial charge in [-0.15, -0.1) is 0 Å². The number of hydrogen-bond donors (Lipinski definition) is 1. The molecule has 0 aromatic heterocycles. The zero-order chi connectivity index (χ0) is 10.8. The van der Waals surface area contributed by atoms with Crippen LogP contribution in [0.25, 0.3) is 0 Å². The second kappa shape index (κ2) is 4.15. The zero-order valence-corrected chi connectivity index (χ0v) is 8.97. The van der Waals surface area contributed by atoms with Crippen LogP contribution in [0.3, 0.4) is 0 Å². The van der Waals surface area contributed by atoms with Crippen molar-refractivity contribution in [1.29, 1.82) is 0 Å². The van der Waals surface area contributed by atoms with Gasteiger partial charge < -0.3 is 10.1 Å². The fourth-order valence-corrected chi connectivity index (χ4v) is 1.66. The SMILES string of the molecule is CC(C)NC(=O)OC1CCC(C)(F)C1. The van der Waals surface area contributed by atoms with Crippen molar-refractivity contribution in [2.75, 3.05) is 0 Å². The molecule has 0 saturated heterocycles. The molecule has 82 valence electrons. The van der Waals surface area contributed by atoms with Crippen LogP contribution in [0.4, 0.5) is 9.18 Å². The predicted molar refractivity (Wildman–Crippen MR) is 51.9 cm³/mol. The van der Waals surface area contributed by atoms with Crippen LogP contribution >= 0.6 is 0 Å². The number of rotatable bonds is 2. The summed E-state index contributed by atoms with van der Waals surface area (Å²) >= 11 is 0. The molecule has 4 heteroatoms. The van der Waals surface area contributed by atoms with E-state index in [1.807, 2.05) is 13.8 Å². The molecule has 0 aromatic rings. The van der Waals surface area contributed by atoms with Crippen molar-refractivity contribution < 1.29 is 13.9 Å². The lowest BCUT2D eigenvalue weighted by atomic mass is 10.1. The summed E-state index contributed by atoms with van der Waals surface area (Å²) in [4.78, 5) is 11.2.